The molecule has 2 unspecified atom stereocenters. The molecule has 2 aromatic rings. The highest BCUT2D eigenvalue weighted by Crippen LogP contribution is 2.39. The van der Waals surface area contributed by atoms with Gasteiger partial charge in [0.05, 0.1) is 0 Å². The summed E-state index contributed by atoms with van der Waals surface area (Å²) in [7, 11) is 3.40. The highest BCUT2D eigenvalue weighted by Gasteiger charge is 2.27. The van der Waals surface area contributed by atoms with E-state index >= 15 is 0 Å². The van der Waals surface area contributed by atoms with E-state index in [0.717, 1.165) is 20.1 Å². The molecule has 0 saturated heterocycles. The standard InChI is InChI=1S/C16H16Br2O2/c1-19-15(11-7-3-5-9-13(11)17)16(20-2)12-8-4-6-10-14(12)18/h3-10,15-16H,1-2H3. The number of hydrogen-bond acceptors (Lipinski definition) is 2. The molecular weight excluding hydrogens is 384 g/mol. The van der Waals surface area contributed by atoms with Crippen molar-refractivity contribution >= 4 is 31.9 Å². The summed E-state index contributed by atoms with van der Waals surface area (Å²) in [6.07, 6.45) is -0.372. The van der Waals surface area contributed by atoms with E-state index in [2.05, 4.69) is 31.9 Å². The van der Waals surface area contributed by atoms with E-state index in [9.17, 15) is 0 Å². The first-order valence-corrected chi connectivity index (χ1v) is 7.82. The predicted molar refractivity (Wildman–Crippen MR) is 87.8 cm³/mol. The van der Waals surface area contributed by atoms with Gasteiger partial charge in [-0.3, -0.25) is 0 Å². The summed E-state index contributed by atoms with van der Waals surface area (Å²) < 4.78 is 13.4. The first-order valence-electron chi connectivity index (χ1n) is 6.23. The lowest BCUT2D eigenvalue weighted by atomic mass is 9.98. The van der Waals surface area contributed by atoms with Gasteiger partial charge in [0, 0.05) is 23.2 Å². The molecule has 0 amide bonds. The summed E-state index contributed by atoms with van der Waals surface area (Å²) in [4.78, 5) is 0. The molecular formula is C16H16Br2O2. The third-order valence-electron chi connectivity index (χ3n) is 3.21. The van der Waals surface area contributed by atoms with Gasteiger partial charge in [0.2, 0.25) is 0 Å². The van der Waals surface area contributed by atoms with Crippen LogP contribution in [0.2, 0.25) is 0 Å². The van der Waals surface area contributed by atoms with E-state index in [1.54, 1.807) is 14.2 Å². The van der Waals surface area contributed by atoms with Crippen molar-refractivity contribution in [2.45, 2.75) is 12.2 Å². The van der Waals surface area contributed by atoms with Gasteiger partial charge in [0.1, 0.15) is 12.2 Å². The second-order valence-electron chi connectivity index (χ2n) is 4.36. The molecule has 0 saturated carbocycles. The molecule has 0 bridgehead atoms. The molecule has 0 aliphatic heterocycles. The van der Waals surface area contributed by atoms with Gasteiger partial charge in [0.25, 0.3) is 0 Å². The third kappa shape index (κ3) is 3.31. The molecule has 2 rings (SSSR count). The summed E-state index contributed by atoms with van der Waals surface area (Å²) >= 11 is 7.16. The largest absolute Gasteiger partial charge is 0.374 e. The Morgan fingerprint density at radius 1 is 0.700 bits per heavy atom. The normalized spacial score (nSPS) is 14.0. The average molecular weight is 400 g/mol. The van der Waals surface area contributed by atoms with Crippen molar-refractivity contribution in [2.24, 2.45) is 0 Å². The second kappa shape index (κ2) is 7.36. The van der Waals surface area contributed by atoms with Gasteiger partial charge in [-0.15, -0.1) is 0 Å². The van der Waals surface area contributed by atoms with Crippen LogP contribution in [0, 0.1) is 0 Å². The maximum Gasteiger partial charge on any atom is 0.114 e. The summed E-state index contributed by atoms with van der Waals surface area (Å²) in [5.41, 5.74) is 2.13. The monoisotopic (exact) mass is 398 g/mol. The van der Waals surface area contributed by atoms with Gasteiger partial charge in [-0.1, -0.05) is 68.3 Å². The lowest BCUT2D eigenvalue weighted by molar-refractivity contribution is -0.0404. The fourth-order valence-corrected chi connectivity index (χ4v) is 3.26. The molecule has 20 heavy (non-hydrogen) atoms. The lowest BCUT2D eigenvalue weighted by Gasteiger charge is -2.27. The minimum Gasteiger partial charge on any atom is -0.374 e. The summed E-state index contributed by atoms with van der Waals surface area (Å²) in [5, 5.41) is 0. The number of methoxy groups -OCH3 is 2. The molecule has 0 aromatic heterocycles. The molecule has 0 fully saturated rings. The number of halogens is 2. The highest BCUT2D eigenvalue weighted by molar-refractivity contribution is 9.10. The highest BCUT2D eigenvalue weighted by atomic mass is 79.9. The third-order valence-corrected chi connectivity index (χ3v) is 4.65. The van der Waals surface area contributed by atoms with Crippen molar-refractivity contribution in [3.8, 4) is 0 Å². The van der Waals surface area contributed by atoms with Crippen molar-refractivity contribution in [3.63, 3.8) is 0 Å². The van der Waals surface area contributed by atoms with Crippen molar-refractivity contribution < 1.29 is 9.47 Å². The molecule has 0 spiro atoms. The Kier molecular flexibility index (Phi) is 5.78. The van der Waals surface area contributed by atoms with E-state index in [0.29, 0.717) is 0 Å². The Morgan fingerprint density at radius 3 is 1.35 bits per heavy atom. The fraction of sp³-hybridized carbons (Fsp3) is 0.250. The zero-order chi connectivity index (χ0) is 14.5. The molecule has 106 valence electrons. The van der Waals surface area contributed by atoms with E-state index in [-0.39, 0.29) is 12.2 Å². The maximum absolute atomic E-state index is 5.70. The fourth-order valence-electron chi connectivity index (χ4n) is 2.24. The molecule has 0 aliphatic carbocycles. The second-order valence-corrected chi connectivity index (χ2v) is 6.06. The first-order chi connectivity index (χ1) is 9.69. The maximum atomic E-state index is 5.70. The lowest BCUT2D eigenvalue weighted by Crippen LogP contribution is -2.16. The van der Waals surface area contributed by atoms with E-state index in [4.69, 9.17) is 9.47 Å². The van der Waals surface area contributed by atoms with Crippen molar-refractivity contribution in [3.05, 3.63) is 68.6 Å². The first kappa shape index (κ1) is 15.7. The Balaban J connectivity index is 2.44. The SMILES string of the molecule is COC(c1ccccc1Br)C(OC)c1ccccc1Br. The zero-order valence-corrected chi connectivity index (χ0v) is 14.5. The number of hydrogen-bond donors (Lipinski definition) is 0. The quantitative estimate of drug-likeness (QED) is 0.680. The van der Waals surface area contributed by atoms with Gasteiger partial charge in [-0.25, -0.2) is 0 Å². The number of rotatable bonds is 5. The predicted octanol–water partition coefficient (Wildman–Crippen LogP) is 5.29. The zero-order valence-electron chi connectivity index (χ0n) is 11.3. The van der Waals surface area contributed by atoms with Crippen LogP contribution in [0.5, 0.6) is 0 Å². The van der Waals surface area contributed by atoms with Crippen LogP contribution in [0.25, 0.3) is 0 Å². The van der Waals surface area contributed by atoms with Gasteiger partial charge in [0.15, 0.2) is 0 Å². The molecule has 0 N–H and O–H groups in total. The summed E-state index contributed by atoms with van der Waals surface area (Å²) in [5.74, 6) is 0. The van der Waals surface area contributed by atoms with Crippen LogP contribution < -0.4 is 0 Å². The number of benzene rings is 2. The van der Waals surface area contributed by atoms with Gasteiger partial charge in [-0.05, 0) is 23.3 Å². The Labute approximate surface area is 136 Å². The molecule has 2 atom stereocenters. The van der Waals surface area contributed by atoms with Crippen molar-refractivity contribution in [2.75, 3.05) is 14.2 Å². The molecule has 0 aliphatic rings. The van der Waals surface area contributed by atoms with E-state index < -0.39 is 0 Å². The van der Waals surface area contributed by atoms with Crippen LogP contribution in [0.1, 0.15) is 23.3 Å². The van der Waals surface area contributed by atoms with Crippen molar-refractivity contribution in [1.82, 2.24) is 0 Å². The molecule has 4 heteroatoms. The van der Waals surface area contributed by atoms with Crippen LogP contribution in [0.4, 0.5) is 0 Å². The van der Waals surface area contributed by atoms with Crippen LogP contribution in [-0.4, -0.2) is 14.2 Å². The summed E-state index contributed by atoms with van der Waals surface area (Å²) in [6, 6.07) is 16.1. The molecule has 0 radical (unpaired) electrons. The van der Waals surface area contributed by atoms with E-state index in [1.807, 2.05) is 48.5 Å². The topological polar surface area (TPSA) is 18.5 Å². The van der Waals surface area contributed by atoms with Crippen LogP contribution in [0.15, 0.2) is 57.5 Å². The molecule has 2 nitrogen and oxygen atoms in total. The average Bonchev–Trinajstić information content (AvgIpc) is 2.47. The Morgan fingerprint density at radius 2 is 1.05 bits per heavy atom. The Bertz CT molecular complexity index is 520. The van der Waals surface area contributed by atoms with Gasteiger partial charge < -0.3 is 9.47 Å². The van der Waals surface area contributed by atoms with Crippen molar-refractivity contribution in [1.29, 1.82) is 0 Å². The minimum absolute atomic E-state index is 0.186. The Hall–Kier alpha value is -0.680. The number of ether oxygens (including phenoxy) is 2. The molecule has 0 heterocycles. The summed E-state index contributed by atoms with van der Waals surface area (Å²) in [6.45, 7) is 0. The van der Waals surface area contributed by atoms with Gasteiger partial charge in [-0.2, -0.15) is 0 Å². The molecule has 2 aromatic carbocycles. The minimum atomic E-state index is -0.186. The van der Waals surface area contributed by atoms with Crippen LogP contribution in [0.3, 0.4) is 0 Å². The van der Waals surface area contributed by atoms with E-state index in [1.165, 1.54) is 0 Å². The van der Waals surface area contributed by atoms with Crippen LogP contribution in [-0.2, 0) is 9.47 Å². The smallest absolute Gasteiger partial charge is 0.114 e. The van der Waals surface area contributed by atoms with Crippen LogP contribution >= 0.6 is 31.9 Å². The van der Waals surface area contributed by atoms with Gasteiger partial charge >= 0.3 is 0 Å².